The van der Waals surface area contributed by atoms with Crippen LogP contribution in [0, 0.1) is 5.41 Å². The van der Waals surface area contributed by atoms with Crippen molar-refractivity contribution in [1.29, 1.82) is 0 Å². The highest BCUT2D eigenvalue weighted by molar-refractivity contribution is 4.90. The van der Waals surface area contributed by atoms with Crippen LogP contribution in [-0.2, 0) is 0 Å². The molecule has 1 rings (SSSR count). The lowest BCUT2D eigenvalue weighted by atomic mass is 9.73. The molecule has 0 amide bonds. The zero-order valence-electron chi connectivity index (χ0n) is 10.8. The van der Waals surface area contributed by atoms with Gasteiger partial charge in [-0.3, -0.25) is 4.90 Å². The minimum absolute atomic E-state index is 0.107. The molecule has 0 aromatic carbocycles. The fourth-order valence-electron chi connectivity index (χ4n) is 2.75. The van der Waals surface area contributed by atoms with Crippen LogP contribution in [-0.4, -0.2) is 35.2 Å². The number of rotatable bonds is 4. The molecule has 2 atom stereocenters. The van der Waals surface area contributed by atoms with Crippen molar-refractivity contribution in [2.75, 3.05) is 13.1 Å². The predicted molar refractivity (Wildman–Crippen MR) is 65.0 cm³/mol. The molecule has 90 valence electrons. The van der Waals surface area contributed by atoms with Crippen molar-refractivity contribution >= 4 is 0 Å². The molecule has 2 heteroatoms. The van der Waals surface area contributed by atoms with Gasteiger partial charge in [0.05, 0.1) is 6.10 Å². The quantitative estimate of drug-likeness (QED) is 0.776. The number of nitrogens with zero attached hydrogens (tertiary/aromatic N) is 1. The number of aliphatic hydroxyl groups is 1. The van der Waals surface area contributed by atoms with Crippen LogP contribution in [0.25, 0.3) is 0 Å². The van der Waals surface area contributed by atoms with Gasteiger partial charge < -0.3 is 5.11 Å². The molecule has 0 aliphatic heterocycles. The van der Waals surface area contributed by atoms with Gasteiger partial charge in [-0.2, -0.15) is 0 Å². The van der Waals surface area contributed by atoms with Crippen LogP contribution < -0.4 is 0 Å². The van der Waals surface area contributed by atoms with Gasteiger partial charge in [-0.05, 0) is 44.2 Å². The molecule has 2 nitrogen and oxygen atoms in total. The Morgan fingerprint density at radius 1 is 1.33 bits per heavy atom. The molecule has 0 heterocycles. The van der Waals surface area contributed by atoms with Crippen LogP contribution in [0.15, 0.2) is 0 Å². The fourth-order valence-corrected chi connectivity index (χ4v) is 2.75. The summed E-state index contributed by atoms with van der Waals surface area (Å²) in [5.74, 6) is 0. The first-order valence-corrected chi connectivity index (χ1v) is 6.42. The highest BCUT2D eigenvalue weighted by atomic mass is 16.3. The summed E-state index contributed by atoms with van der Waals surface area (Å²) >= 11 is 0. The normalized spacial score (nSPS) is 30.8. The summed E-state index contributed by atoms with van der Waals surface area (Å²) in [4.78, 5) is 2.45. The number of likely N-dealkylation sites (N-methyl/N-ethyl adjacent to an activating group) is 1. The Morgan fingerprint density at radius 2 is 2.00 bits per heavy atom. The van der Waals surface area contributed by atoms with Gasteiger partial charge in [0.15, 0.2) is 0 Å². The topological polar surface area (TPSA) is 23.5 Å². The molecule has 0 spiro atoms. The summed E-state index contributed by atoms with van der Waals surface area (Å²) in [6.07, 6.45) is 4.34. The molecule has 1 N–H and O–H groups in total. The minimum Gasteiger partial charge on any atom is -0.391 e. The van der Waals surface area contributed by atoms with Crippen LogP contribution >= 0.6 is 0 Å². The smallest absolute Gasteiger partial charge is 0.0695 e. The Morgan fingerprint density at radius 3 is 2.53 bits per heavy atom. The monoisotopic (exact) mass is 213 g/mol. The molecule has 2 unspecified atom stereocenters. The van der Waals surface area contributed by atoms with Gasteiger partial charge in [-0.15, -0.1) is 0 Å². The van der Waals surface area contributed by atoms with Gasteiger partial charge in [0.25, 0.3) is 0 Å². The maximum Gasteiger partial charge on any atom is 0.0695 e. The van der Waals surface area contributed by atoms with Gasteiger partial charge in [0, 0.05) is 6.04 Å². The van der Waals surface area contributed by atoms with Gasteiger partial charge in [-0.25, -0.2) is 0 Å². The molecule has 0 aromatic rings. The van der Waals surface area contributed by atoms with E-state index in [0.29, 0.717) is 11.5 Å². The van der Waals surface area contributed by atoms with Crippen LogP contribution in [0.3, 0.4) is 0 Å². The lowest BCUT2D eigenvalue weighted by Crippen LogP contribution is -2.49. The molecule has 1 saturated carbocycles. The van der Waals surface area contributed by atoms with E-state index in [4.69, 9.17) is 0 Å². The molecule has 1 aliphatic rings. The maximum atomic E-state index is 10.1. The van der Waals surface area contributed by atoms with E-state index in [1.54, 1.807) is 0 Å². The highest BCUT2D eigenvalue weighted by Crippen LogP contribution is 2.37. The molecule has 0 radical (unpaired) electrons. The summed E-state index contributed by atoms with van der Waals surface area (Å²) < 4.78 is 0. The van der Waals surface area contributed by atoms with Gasteiger partial charge in [0.1, 0.15) is 0 Å². The van der Waals surface area contributed by atoms with E-state index in [0.717, 1.165) is 32.4 Å². The average Bonchev–Trinajstić information content (AvgIpc) is 2.18. The summed E-state index contributed by atoms with van der Waals surface area (Å²) in [7, 11) is 0. The van der Waals surface area contributed by atoms with Crippen molar-refractivity contribution < 1.29 is 5.11 Å². The molecule has 1 aliphatic carbocycles. The Kier molecular flexibility index (Phi) is 4.60. The minimum atomic E-state index is -0.107. The SMILES string of the molecule is CCCN(CC)C1CC(C)(C)CCC1O. The molecule has 0 saturated heterocycles. The van der Waals surface area contributed by atoms with Crippen LogP contribution in [0.5, 0.6) is 0 Å². The first-order valence-electron chi connectivity index (χ1n) is 6.42. The van der Waals surface area contributed by atoms with E-state index in [1.165, 1.54) is 6.42 Å². The van der Waals surface area contributed by atoms with E-state index in [9.17, 15) is 5.11 Å². The first kappa shape index (κ1) is 13.0. The van der Waals surface area contributed by atoms with Crippen molar-refractivity contribution in [1.82, 2.24) is 4.90 Å². The molecular weight excluding hydrogens is 186 g/mol. The predicted octanol–water partition coefficient (Wildman–Crippen LogP) is 2.66. The maximum absolute atomic E-state index is 10.1. The zero-order chi connectivity index (χ0) is 11.5. The highest BCUT2D eigenvalue weighted by Gasteiger charge is 2.36. The third-order valence-electron chi connectivity index (χ3n) is 3.71. The van der Waals surface area contributed by atoms with Gasteiger partial charge in [0.2, 0.25) is 0 Å². The standard InChI is InChI=1S/C13H27NO/c1-5-9-14(6-2)11-10-13(3,4)8-7-12(11)15/h11-12,15H,5-10H2,1-4H3. The molecule has 0 aromatic heterocycles. The van der Waals surface area contributed by atoms with E-state index in [-0.39, 0.29) is 6.10 Å². The lowest BCUT2D eigenvalue weighted by Gasteiger charge is -2.43. The van der Waals surface area contributed by atoms with Crippen LogP contribution in [0.4, 0.5) is 0 Å². The van der Waals surface area contributed by atoms with Crippen molar-refractivity contribution in [3.05, 3.63) is 0 Å². The third kappa shape index (κ3) is 3.46. The third-order valence-corrected chi connectivity index (χ3v) is 3.71. The molecular formula is C13H27NO. The van der Waals surface area contributed by atoms with Crippen molar-refractivity contribution in [2.45, 2.75) is 65.5 Å². The van der Waals surface area contributed by atoms with E-state index in [2.05, 4.69) is 32.6 Å². The molecule has 15 heavy (non-hydrogen) atoms. The summed E-state index contributed by atoms with van der Waals surface area (Å²) in [6, 6.07) is 0.388. The first-order chi connectivity index (χ1) is 7.00. The Bertz CT molecular complexity index is 191. The second-order valence-corrected chi connectivity index (χ2v) is 5.67. The second kappa shape index (κ2) is 5.31. The summed E-state index contributed by atoms with van der Waals surface area (Å²) in [5, 5.41) is 10.1. The van der Waals surface area contributed by atoms with Crippen molar-refractivity contribution in [2.24, 2.45) is 5.41 Å². The largest absolute Gasteiger partial charge is 0.391 e. The Hall–Kier alpha value is -0.0800. The van der Waals surface area contributed by atoms with Gasteiger partial charge >= 0.3 is 0 Å². The van der Waals surface area contributed by atoms with Crippen molar-refractivity contribution in [3.8, 4) is 0 Å². The van der Waals surface area contributed by atoms with E-state index < -0.39 is 0 Å². The van der Waals surface area contributed by atoms with E-state index >= 15 is 0 Å². The number of hydrogen-bond acceptors (Lipinski definition) is 2. The molecule has 0 bridgehead atoms. The lowest BCUT2D eigenvalue weighted by molar-refractivity contribution is -0.0153. The van der Waals surface area contributed by atoms with E-state index in [1.807, 2.05) is 0 Å². The zero-order valence-corrected chi connectivity index (χ0v) is 10.8. The summed E-state index contributed by atoms with van der Waals surface area (Å²) in [5.41, 5.74) is 0.408. The number of hydrogen-bond donors (Lipinski definition) is 1. The van der Waals surface area contributed by atoms with Crippen molar-refractivity contribution in [3.63, 3.8) is 0 Å². The second-order valence-electron chi connectivity index (χ2n) is 5.67. The van der Waals surface area contributed by atoms with Crippen LogP contribution in [0.2, 0.25) is 0 Å². The van der Waals surface area contributed by atoms with Gasteiger partial charge in [-0.1, -0.05) is 27.7 Å². The molecule has 1 fully saturated rings. The number of aliphatic hydroxyl groups excluding tert-OH is 1. The summed E-state index contributed by atoms with van der Waals surface area (Å²) in [6.45, 7) is 11.2. The van der Waals surface area contributed by atoms with Crippen LogP contribution in [0.1, 0.15) is 53.4 Å². The Labute approximate surface area is 94.7 Å². The average molecular weight is 213 g/mol. The Balaban J connectivity index is 2.63. The fraction of sp³-hybridized carbons (Fsp3) is 1.00.